The van der Waals surface area contributed by atoms with Gasteiger partial charge < -0.3 is 10.2 Å². The second-order valence-electron chi connectivity index (χ2n) is 4.55. The first kappa shape index (κ1) is 13.4. The zero-order chi connectivity index (χ0) is 14.8. The summed E-state index contributed by atoms with van der Waals surface area (Å²) in [4.78, 5) is 16.4. The summed E-state index contributed by atoms with van der Waals surface area (Å²) in [5.74, 6) is 0.00920. The van der Waals surface area contributed by atoms with E-state index >= 15 is 0 Å². The van der Waals surface area contributed by atoms with Crippen LogP contribution < -0.4 is 11.1 Å². The predicted octanol–water partition coefficient (Wildman–Crippen LogP) is 3.55. The number of anilines is 2. The van der Waals surface area contributed by atoms with Crippen molar-refractivity contribution in [3.63, 3.8) is 0 Å². The first-order chi connectivity index (χ1) is 10.1. The van der Waals surface area contributed by atoms with Gasteiger partial charge in [-0.15, -0.1) is 11.3 Å². The van der Waals surface area contributed by atoms with Gasteiger partial charge in [-0.05, 0) is 25.1 Å². The van der Waals surface area contributed by atoms with Gasteiger partial charge in [0.15, 0.2) is 10.9 Å². The standard InChI is InChI=1S/C15H13N3O2S/c1-9-6-7-20-13(9)14(19)18-15-17-12(8-21-15)10-2-4-11(16)5-3-10/h2-8H,16H2,1H3,(H,17,18,19). The van der Waals surface area contributed by atoms with Crippen LogP contribution in [-0.4, -0.2) is 10.9 Å². The van der Waals surface area contributed by atoms with E-state index in [4.69, 9.17) is 10.2 Å². The number of aromatic nitrogens is 1. The first-order valence-electron chi connectivity index (χ1n) is 6.30. The van der Waals surface area contributed by atoms with Crippen LogP contribution in [0.25, 0.3) is 11.3 Å². The predicted molar refractivity (Wildman–Crippen MR) is 83.4 cm³/mol. The molecular formula is C15H13N3O2S. The van der Waals surface area contributed by atoms with E-state index in [0.29, 0.717) is 16.6 Å². The lowest BCUT2D eigenvalue weighted by Crippen LogP contribution is -2.11. The number of rotatable bonds is 3. The Kier molecular flexibility index (Phi) is 3.45. The number of carbonyl (C=O) groups excluding carboxylic acids is 1. The lowest BCUT2D eigenvalue weighted by molar-refractivity contribution is 0.0996. The number of thiazole rings is 1. The lowest BCUT2D eigenvalue weighted by atomic mass is 10.1. The van der Waals surface area contributed by atoms with Gasteiger partial charge in [0.05, 0.1) is 12.0 Å². The quantitative estimate of drug-likeness (QED) is 0.725. The van der Waals surface area contributed by atoms with Gasteiger partial charge in [-0.3, -0.25) is 10.1 Å². The summed E-state index contributed by atoms with van der Waals surface area (Å²) in [5.41, 5.74) is 8.91. The van der Waals surface area contributed by atoms with Crippen LogP contribution in [0.15, 0.2) is 46.4 Å². The second kappa shape index (κ2) is 5.41. The molecule has 3 aromatic rings. The third kappa shape index (κ3) is 2.80. The van der Waals surface area contributed by atoms with E-state index in [1.54, 1.807) is 6.07 Å². The van der Waals surface area contributed by atoms with Crippen LogP contribution in [0.3, 0.4) is 0 Å². The number of carbonyl (C=O) groups is 1. The number of furan rings is 1. The Bertz CT molecular complexity index is 774. The van der Waals surface area contributed by atoms with Crippen LogP contribution in [0.4, 0.5) is 10.8 Å². The van der Waals surface area contributed by atoms with E-state index in [0.717, 1.165) is 16.8 Å². The minimum Gasteiger partial charge on any atom is -0.459 e. The van der Waals surface area contributed by atoms with E-state index in [1.807, 2.05) is 36.6 Å². The van der Waals surface area contributed by atoms with Gasteiger partial charge in [-0.1, -0.05) is 12.1 Å². The van der Waals surface area contributed by atoms with Gasteiger partial charge in [-0.25, -0.2) is 4.98 Å². The Hall–Kier alpha value is -2.60. The fourth-order valence-corrected chi connectivity index (χ4v) is 2.59. The maximum atomic E-state index is 12.0. The highest BCUT2D eigenvalue weighted by atomic mass is 32.1. The van der Waals surface area contributed by atoms with Gasteiger partial charge in [0.1, 0.15) is 0 Å². The zero-order valence-corrected chi connectivity index (χ0v) is 12.1. The lowest BCUT2D eigenvalue weighted by Gasteiger charge is -2.00. The molecule has 0 aliphatic rings. The largest absolute Gasteiger partial charge is 0.459 e. The van der Waals surface area contributed by atoms with Gasteiger partial charge in [0, 0.05) is 22.2 Å². The number of nitrogens with two attached hydrogens (primary N) is 1. The van der Waals surface area contributed by atoms with Crippen molar-refractivity contribution >= 4 is 28.1 Å². The summed E-state index contributed by atoms with van der Waals surface area (Å²) in [5, 5.41) is 5.15. The molecule has 2 heterocycles. The van der Waals surface area contributed by atoms with Crippen LogP contribution in [-0.2, 0) is 0 Å². The maximum absolute atomic E-state index is 12.0. The molecule has 2 aromatic heterocycles. The topological polar surface area (TPSA) is 81.2 Å². The molecular weight excluding hydrogens is 286 g/mol. The third-order valence-corrected chi connectivity index (χ3v) is 3.76. The average Bonchev–Trinajstić information content (AvgIpc) is 3.09. The van der Waals surface area contributed by atoms with Crippen molar-refractivity contribution in [1.82, 2.24) is 4.98 Å². The van der Waals surface area contributed by atoms with Crippen molar-refractivity contribution < 1.29 is 9.21 Å². The summed E-state index contributed by atoms with van der Waals surface area (Å²) in [6.45, 7) is 1.82. The molecule has 3 N–H and O–H groups in total. The van der Waals surface area contributed by atoms with Crippen LogP contribution in [0.5, 0.6) is 0 Å². The first-order valence-corrected chi connectivity index (χ1v) is 7.18. The summed E-state index contributed by atoms with van der Waals surface area (Å²) in [6, 6.07) is 9.17. The highest BCUT2D eigenvalue weighted by molar-refractivity contribution is 7.14. The van der Waals surface area contributed by atoms with Crippen LogP contribution in [0, 0.1) is 6.92 Å². The minimum atomic E-state index is -0.296. The molecule has 3 rings (SSSR count). The van der Waals surface area contributed by atoms with E-state index in [9.17, 15) is 4.79 Å². The van der Waals surface area contributed by atoms with Gasteiger partial charge in [0.2, 0.25) is 0 Å². The number of aryl methyl sites for hydroxylation is 1. The number of amides is 1. The normalized spacial score (nSPS) is 10.5. The molecule has 21 heavy (non-hydrogen) atoms. The van der Waals surface area contributed by atoms with E-state index < -0.39 is 0 Å². The van der Waals surface area contributed by atoms with E-state index in [1.165, 1.54) is 17.6 Å². The molecule has 0 saturated heterocycles. The molecule has 1 amide bonds. The van der Waals surface area contributed by atoms with Crippen LogP contribution >= 0.6 is 11.3 Å². The molecule has 106 valence electrons. The molecule has 0 aliphatic carbocycles. The Balaban J connectivity index is 1.78. The Morgan fingerprint density at radius 3 is 2.71 bits per heavy atom. The smallest absolute Gasteiger partial charge is 0.293 e. The molecule has 0 fully saturated rings. The van der Waals surface area contributed by atoms with Crippen molar-refractivity contribution in [3.8, 4) is 11.3 Å². The number of benzene rings is 1. The van der Waals surface area contributed by atoms with Crippen molar-refractivity contribution in [2.75, 3.05) is 11.1 Å². The minimum absolute atomic E-state index is 0.296. The highest BCUT2D eigenvalue weighted by Gasteiger charge is 2.14. The third-order valence-electron chi connectivity index (χ3n) is 3.00. The summed E-state index contributed by atoms with van der Waals surface area (Å²) in [6.07, 6.45) is 1.49. The summed E-state index contributed by atoms with van der Waals surface area (Å²) < 4.78 is 5.15. The number of nitrogens with one attached hydrogen (secondary N) is 1. The van der Waals surface area contributed by atoms with Gasteiger partial charge in [0.25, 0.3) is 5.91 Å². The summed E-state index contributed by atoms with van der Waals surface area (Å²) >= 11 is 1.36. The maximum Gasteiger partial charge on any atom is 0.293 e. The van der Waals surface area contributed by atoms with Crippen LogP contribution in [0.2, 0.25) is 0 Å². The zero-order valence-electron chi connectivity index (χ0n) is 11.3. The molecule has 0 unspecified atom stereocenters. The molecule has 0 atom stereocenters. The number of hydrogen-bond acceptors (Lipinski definition) is 5. The van der Waals surface area contributed by atoms with Gasteiger partial charge in [-0.2, -0.15) is 0 Å². The molecule has 0 radical (unpaired) electrons. The SMILES string of the molecule is Cc1ccoc1C(=O)Nc1nc(-c2ccc(N)cc2)cs1. The van der Waals surface area contributed by atoms with Gasteiger partial charge >= 0.3 is 0 Å². The fraction of sp³-hybridized carbons (Fsp3) is 0.0667. The Labute approximate surface area is 125 Å². The van der Waals surface area contributed by atoms with E-state index in [2.05, 4.69) is 10.3 Å². The average molecular weight is 299 g/mol. The molecule has 1 aromatic carbocycles. The van der Waals surface area contributed by atoms with Crippen molar-refractivity contribution in [2.45, 2.75) is 6.92 Å². The highest BCUT2D eigenvalue weighted by Crippen LogP contribution is 2.26. The molecule has 0 saturated carbocycles. The van der Waals surface area contributed by atoms with Crippen molar-refractivity contribution in [3.05, 3.63) is 53.3 Å². The van der Waals surface area contributed by atoms with E-state index in [-0.39, 0.29) is 5.91 Å². The monoisotopic (exact) mass is 299 g/mol. The molecule has 6 heteroatoms. The molecule has 0 spiro atoms. The number of nitrogen functional groups attached to an aromatic ring is 1. The Morgan fingerprint density at radius 2 is 2.05 bits per heavy atom. The second-order valence-corrected chi connectivity index (χ2v) is 5.40. The van der Waals surface area contributed by atoms with Crippen molar-refractivity contribution in [2.24, 2.45) is 0 Å². The fourth-order valence-electron chi connectivity index (χ4n) is 1.88. The van der Waals surface area contributed by atoms with Crippen molar-refractivity contribution in [1.29, 1.82) is 0 Å². The van der Waals surface area contributed by atoms with Crippen LogP contribution in [0.1, 0.15) is 16.1 Å². The molecule has 0 aliphatic heterocycles. The number of nitrogens with zero attached hydrogens (tertiary/aromatic N) is 1. The molecule has 5 nitrogen and oxygen atoms in total. The summed E-state index contributed by atoms with van der Waals surface area (Å²) in [7, 11) is 0. The Morgan fingerprint density at radius 1 is 1.29 bits per heavy atom. The molecule has 0 bridgehead atoms. The number of hydrogen-bond donors (Lipinski definition) is 2.